The van der Waals surface area contributed by atoms with Crippen LogP contribution in [-0.4, -0.2) is 15.7 Å². The molecule has 0 saturated heterocycles. The van der Waals surface area contributed by atoms with Crippen molar-refractivity contribution in [1.82, 2.24) is 15.1 Å². The van der Waals surface area contributed by atoms with E-state index in [-0.39, 0.29) is 12.1 Å². The summed E-state index contributed by atoms with van der Waals surface area (Å²) >= 11 is 0. The Morgan fingerprint density at radius 3 is 2.82 bits per heavy atom. The number of aryl methyl sites for hydroxylation is 1. The Bertz CT molecular complexity index is 536. The first kappa shape index (κ1) is 11.3. The minimum Gasteiger partial charge on any atom is -0.346 e. The molecule has 0 aliphatic rings. The van der Waals surface area contributed by atoms with E-state index in [2.05, 4.69) is 10.4 Å². The number of rotatable bonds is 3. The minimum atomic E-state index is -0.522. The average molecular weight is 233 g/mol. The van der Waals surface area contributed by atoms with Crippen LogP contribution in [0.4, 0.5) is 4.39 Å². The number of benzene rings is 1. The molecular formula is C12H12FN3O. The van der Waals surface area contributed by atoms with Gasteiger partial charge in [0.15, 0.2) is 0 Å². The van der Waals surface area contributed by atoms with Crippen molar-refractivity contribution in [3.63, 3.8) is 0 Å². The van der Waals surface area contributed by atoms with Crippen LogP contribution in [0, 0.1) is 5.82 Å². The molecule has 1 aromatic carbocycles. The largest absolute Gasteiger partial charge is 0.346 e. The number of nitrogens with one attached hydrogen (secondary N) is 1. The molecular weight excluding hydrogens is 221 g/mol. The molecule has 4 nitrogen and oxygen atoms in total. The summed E-state index contributed by atoms with van der Waals surface area (Å²) in [5.74, 6) is -0.959. The summed E-state index contributed by atoms with van der Waals surface area (Å²) in [5, 5.41) is 6.72. The summed E-state index contributed by atoms with van der Waals surface area (Å²) in [6, 6.07) is 7.67. The highest BCUT2D eigenvalue weighted by atomic mass is 19.1. The van der Waals surface area contributed by atoms with Crippen LogP contribution < -0.4 is 5.32 Å². The molecule has 17 heavy (non-hydrogen) atoms. The van der Waals surface area contributed by atoms with Crippen LogP contribution in [0.25, 0.3) is 0 Å². The predicted octanol–water partition coefficient (Wildman–Crippen LogP) is 1.49. The van der Waals surface area contributed by atoms with E-state index < -0.39 is 11.7 Å². The monoisotopic (exact) mass is 233 g/mol. The van der Waals surface area contributed by atoms with Crippen LogP contribution >= 0.6 is 0 Å². The number of carbonyl (C=O) groups excluding carboxylic acids is 1. The van der Waals surface area contributed by atoms with Gasteiger partial charge in [-0.05, 0) is 18.2 Å². The highest BCUT2D eigenvalue weighted by molar-refractivity contribution is 5.94. The fraction of sp³-hybridized carbons (Fsp3) is 0.167. The third-order valence-electron chi connectivity index (χ3n) is 2.32. The lowest BCUT2D eigenvalue weighted by molar-refractivity contribution is 0.0946. The van der Waals surface area contributed by atoms with Crippen LogP contribution in [0.1, 0.15) is 16.1 Å². The molecule has 0 radical (unpaired) electrons. The Labute approximate surface area is 98.1 Å². The van der Waals surface area contributed by atoms with Crippen molar-refractivity contribution in [1.29, 1.82) is 0 Å². The zero-order chi connectivity index (χ0) is 12.3. The Balaban J connectivity index is 2.01. The van der Waals surface area contributed by atoms with Gasteiger partial charge < -0.3 is 5.32 Å². The Morgan fingerprint density at radius 1 is 1.41 bits per heavy atom. The Hall–Kier alpha value is -2.17. The van der Waals surface area contributed by atoms with Gasteiger partial charge in [0, 0.05) is 13.2 Å². The van der Waals surface area contributed by atoms with Crippen LogP contribution in [0.5, 0.6) is 0 Å². The zero-order valence-corrected chi connectivity index (χ0v) is 9.35. The first-order valence-corrected chi connectivity index (χ1v) is 5.18. The maximum atomic E-state index is 13.3. The number of amides is 1. The van der Waals surface area contributed by atoms with Crippen molar-refractivity contribution >= 4 is 5.91 Å². The van der Waals surface area contributed by atoms with Crippen LogP contribution in [-0.2, 0) is 13.6 Å². The van der Waals surface area contributed by atoms with Crippen LogP contribution in [0.15, 0.2) is 36.5 Å². The number of halogens is 1. The van der Waals surface area contributed by atoms with E-state index in [1.807, 2.05) is 0 Å². The third-order valence-corrected chi connectivity index (χ3v) is 2.32. The van der Waals surface area contributed by atoms with Crippen LogP contribution in [0.2, 0.25) is 0 Å². The molecule has 0 atom stereocenters. The summed E-state index contributed by atoms with van der Waals surface area (Å²) < 4.78 is 14.9. The minimum absolute atomic E-state index is 0.0448. The number of aromatic nitrogens is 2. The average Bonchev–Trinajstić information content (AvgIpc) is 2.73. The number of carbonyl (C=O) groups is 1. The number of hydrogen-bond acceptors (Lipinski definition) is 2. The van der Waals surface area contributed by atoms with Gasteiger partial charge >= 0.3 is 0 Å². The van der Waals surface area contributed by atoms with Crippen molar-refractivity contribution < 1.29 is 9.18 Å². The summed E-state index contributed by atoms with van der Waals surface area (Å²) in [4.78, 5) is 11.7. The summed E-state index contributed by atoms with van der Waals surface area (Å²) in [7, 11) is 1.79. The van der Waals surface area contributed by atoms with Crippen molar-refractivity contribution in [3.05, 3.63) is 53.6 Å². The molecule has 0 spiro atoms. The smallest absolute Gasteiger partial charge is 0.254 e. The van der Waals surface area contributed by atoms with Crippen LogP contribution in [0.3, 0.4) is 0 Å². The van der Waals surface area contributed by atoms with E-state index in [0.717, 1.165) is 5.69 Å². The van der Waals surface area contributed by atoms with Gasteiger partial charge in [-0.2, -0.15) is 5.10 Å². The van der Waals surface area contributed by atoms with E-state index in [1.165, 1.54) is 12.1 Å². The quantitative estimate of drug-likeness (QED) is 0.873. The summed E-state index contributed by atoms with van der Waals surface area (Å²) in [6.07, 6.45) is 1.78. The van der Waals surface area contributed by atoms with Gasteiger partial charge in [0.2, 0.25) is 0 Å². The van der Waals surface area contributed by atoms with Gasteiger partial charge in [0.05, 0.1) is 17.8 Å². The lowest BCUT2D eigenvalue weighted by Crippen LogP contribution is -2.24. The predicted molar refractivity (Wildman–Crippen MR) is 60.8 cm³/mol. The molecule has 1 aromatic heterocycles. The molecule has 0 fully saturated rings. The molecule has 1 heterocycles. The third kappa shape index (κ3) is 2.69. The molecule has 2 rings (SSSR count). The van der Waals surface area contributed by atoms with Gasteiger partial charge in [-0.25, -0.2) is 4.39 Å². The van der Waals surface area contributed by atoms with E-state index >= 15 is 0 Å². The first-order chi connectivity index (χ1) is 8.16. The molecule has 0 bridgehead atoms. The Kier molecular flexibility index (Phi) is 3.18. The SMILES string of the molecule is Cn1ccc(CNC(=O)c2ccccc2F)n1. The van der Waals surface area contributed by atoms with Gasteiger partial charge in [-0.1, -0.05) is 12.1 Å². The second kappa shape index (κ2) is 4.78. The van der Waals surface area contributed by atoms with E-state index in [1.54, 1.807) is 36.1 Å². The van der Waals surface area contributed by atoms with E-state index in [0.29, 0.717) is 0 Å². The van der Waals surface area contributed by atoms with Crippen molar-refractivity contribution in [3.8, 4) is 0 Å². The highest BCUT2D eigenvalue weighted by Gasteiger charge is 2.10. The number of hydrogen-bond donors (Lipinski definition) is 1. The van der Waals surface area contributed by atoms with E-state index in [4.69, 9.17) is 0 Å². The fourth-order valence-corrected chi connectivity index (χ4v) is 1.47. The molecule has 1 N–H and O–H groups in total. The first-order valence-electron chi connectivity index (χ1n) is 5.18. The molecule has 5 heteroatoms. The fourth-order valence-electron chi connectivity index (χ4n) is 1.47. The van der Waals surface area contributed by atoms with Crippen molar-refractivity contribution in [2.24, 2.45) is 7.05 Å². The standard InChI is InChI=1S/C12H12FN3O/c1-16-7-6-9(15-16)8-14-12(17)10-4-2-3-5-11(10)13/h2-7H,8H2,1H3,(H,14,17). The maximum absolute atomic E-state index is 13.3. The highest BCUT2D eigenvalue weighted by Crippen LogP contribution is 2.06. The maximum Gasteiger partial charge on any atom is 0.254 e. The second-order valence-corrected chi connectivity index (χ2v) is 3.64. The van der Waals surface area contributed by atoms with Gasteiger partial charge in [-0.3, -0.25) is 9.48 Å². The van der Waals surface area contributed by atoms with E-state index in [9.17, 15) is 9.18 Å². The second-order valence-electron chi connectivity index (χ2n) is 3.64. The lowest BCUT2D eigenvalue weighted by Gasteiger charge is -2.03. The summed E-state index contributed by atoms with van der Waals surface area (Å²) in [6.45, 7) is 0.286. The molecule has 0 aliphatic carbocycles. The molecule has 0 aliphatic heterocycles. The molecule has 0 unspecified atom stereocenters. The zero-order valence-electron chi connectivity index (χ0n) is 9.35. The van der Waals surface area contributed by atoms with Crippen molar-refractivity contribution in [2.75, 3.05) is 0 Å². The van der Waals surface area contributed by atoms with Gasteiger partial charge in [0.25, 0.3) is 5.91 Å². The lowest BCUT2D eigenvalue weighted by atomic mass is 10.2. The molecule has 0 saturated carbocycles. The van der Waals surface area contributed by atoms with Gasteiger partial charge in [0.1, 0.15) is 5.82 Å². The normalized spacial score (nSPS) is 10.2. The topological polar surface area (TPSA) is 46.9 Å². The molecule has 2 aromatic rings. The summed E-state index contributed by atoms with van der Waals surface area (Å²) in [5.41, 5.74) is 0.778. The Morgan fingerprint density at radius 2 is 2.18 bits per heavy atom. The van der Waals surface area contributed by atoms with Crippen molar-refractivity contribution in [2.45, 2.75) is 6.54 Å². The molecule has 1 amide bonds. The number of nitrogens with zero attached hydrogens (tertiary/aromatic N) is 2. The van der Waals surface area contributed by atoms with Gasteiger partial charge in [-0.15, -0.1) is 0 Å². The molecule has 88 valence electrons.